The van der Waals surface area contributed by atoms with Crippen LogP contribution in [0.25, 0.3) is 0 Å². The fourth-order valence-corrected chi connectivity index (χ4v) is 3.22. The number of hydrogen-bond donors (Lipinski definition) is 4. The van der Waals surface area contributed by atoms with Gasteiger partial charge in [0.25, 0.3) is 0 Å². The average Bonchev–Trinajstić information content (AvgIpc) is 2.75. The smallest absolute Gasteiger partial charge is 0.412 e. The highest BCUT2D eigenvalue weighted by molar-refractivity contribution is 5.69. The maximum absolute atomic E-state index is 12.6. The summed E-state index contributed by atoms with van der Waals surface area (Å²) < 4.78 is 10.8. The Morgan fingerprint density at radius 3 is 1.93 bits per heavy atom. The summed E-state index contributed by atoms with van der Waals surface area (Å²) >= 11 is 0. The van der Waals surface area contributed by atoms with E-state index in [-0.39, 0.29) is 19.8 Å². The molecule has 0 bridgehead atoms. The fourth-order valence-electron chi connectivity index (χ4n) is 3.22. The third-order valence-corrected chi connectivity index (χ3v) is 4.86. The minimum absolute atomic E-state index is 0.0464. The number of nitrogens with zero attached hydrogens (tertiary/aromatic N) is 1. The van der Waals surface area contributed by atoms with Gasteiger partial charge in [-0.05, 0) is 11.1 Å². The molecule has 1 fully saturated rings. The number of carbonyl (C=O) groups excluding carboxylic acids is 1. The van der Waals surface area contributed by atoms with Crippen LogP contribution in [0.5, 0.6) is 0 Å². The predicted octanol–water partition coefficient (Wildman–Crippen LogP) is 0.625. The molecule has 2 aromatic rings. The molecule has 8 heteroatoms. The van der Waals surface area contributed by atoms with Crippen LogP contribution in [0.2, 0.25) is 0 Å². The molecule has 0 aliphatic carbocycles. The lowest BCUT2D eigenvalue weighted by atomic mass is 9.93. The lowest BCUT2D eigenvalue weighted by Crippen LogP contribution is -2.68. The quantitative estimate of drug-likeness (QED) is 0.558. The molecule has 156 valence electrons. The molecule has 0 spiro atoms. The third kappa shape index (κ3) is 5.11. The van der Waals surface area contributed by atoms with Gasteiger partial charge in [0, 0.05) is 0 Å². The summed E-state index contributed by atoms with van der Waals surface area (Å²) in [6, 6.07) is 17.1. The molecule has 4 N–H and O–H groups in total. The molecule has 1 aliphatic heterocycles. The Bertz CT molecular complexity index is 773. The molecule has 0 saturated carbocycles. The van der Waals surface area contributed by atoms with Crippen molar-refractivity contribution < 1.29 is 34.7 Å². The van der Waals surface area contributed by atoms with E-state index in [0.717, 1.165) is 16.0 Å². The van der Waals surface area contributed by atoms with Gasteiger partial charge in [-0.15, -0.1) is 0 Å². The minimum Gasteiger partial charge on any atom is -0.444 e. The highest BCUT2D eigenvalue weighted by Gasteiger charge is 2.49. The lowest BCUT2D eigenvalue weighted by molar-refractivity contribution is -0.214. The zero-order valence-electron chi connectivity index (χ0n) is 15.7. The maximum Gasteiger partial charge on any atom is 0.412 e. The van der Waals surface area contributed by atoms with Crippen LogP contribution < -0.4 is 0 Å². The second-order valence-corrected chi connectivity index (χ2v) is 6.90. The van der Waals surface area contributed by atoms with E-state index >= 15 is 0 Å². The molecule has 29 heavy (non-hydrogen) atoms. The number of carbonyl (C=O) groups is 1. The highest BCUT2D eigenvalue weighted by atomic mass is 16.6. The second kappa shape index (κ2) is 9.82. The molecule has 1 amide bonds. The lowest BCUT2D eigenvalue weighted by Gasteiger charge is -2.45. The molecule has 5 atom stereocenters. The van der Waals surface area contributed by atoms with Gasteiger partial charge in [0.1, 0.15) is 24.9 Å². The predicted molar refractivity (Wildman–Crippen MR) is 102 cm³/mol. The molecule has 0 aromatic heterocycles. The molecule has 2 unspecified atom stereocenters. The number of aliphatic hydroxyl groups excluding tert-OH is 4. The van der Waals surface area contributed by atoms with E-state index in [1.807, 2.05) is 36.4 Å². The number of amides is 1. The SMILES string of the molecule is O=C(OCc1ccccc1)N1C(O)C(O)[C@@H](O)[C@H](O)[C@H]1COCc1ccccc1. The molecule has 1 heterocycles. The molecule has 0 radical (unpaired) electrons. The van der Waals surface area contributed by atoms with E-state index in [1.165, 1.54) is 0 Å². The van der Waals surface area contributed by atoms with Crippen molar-refractivity contribution in [1.29, 1.82) is 0 Å². The van der Waals surface area contributed by atoms with E-state index in [0.29, 0.717) is 0 Å². The Morgan fingerprint density at radius 1 is 0.793 bits per heavy atom. The molecule has 2 aromatic carbocycles. The van der Waals surface area contributed by atoms with Gasteiger partial charge in [0.15, 0.2) is 6.23 Å². The molecule has 1 aliphatic rings. The van der Waals surface area contributed by atoms with Crippen LogP contribution in [-0.4, -0.2) is 68.6 Å². The molecule has 8 nitrogen and oxygen atoms in total. The average molecular weight is 403 g/mol. The van der Waals surface area contributed by atoms with Crippen LogP contribution >= 0.6 is 0 Å². The van der Waals surface area contributed by atoms with E-state index in [1.54, 1.807) is 24.3 Å². The Labute approximate surface area is 168 Å². The van der Waals surface area contributed by atoms with Gasteiger partial charge >= 0.3 is 6.09 Å². The number of hydrogen-bond acceptors (Lipinski definition) is 7. The highest BCUT2D eigenvalue weighted by Crippen LogP contribution is 2.25. The van der Waals surface area contributed by atoms with Crippen molar-refractivity contribution in [2.24, 2.45) is 0 Å². The summed E-state index contributed by atoms with van der Waals surface area (Å²) in [6.45, 7) is -0.00171. The van der Waals surface area contributed by atoms with E-state index < -0.39 is 36.7 Å². The van der Waals surface area contributed by atoms with E-state index in [4.69, 9.17) is 9.47 Å². The molecule has 1 saturated heterocycles. The van der Waals surface area contributed by atoms with Crippen molar-refractivity contribution in [3.63, 3.8) is 0 Å². The van der Waals surface area contributed by atoms with Crippen LogP contribution in [0, 0.1) is 0 Å². The number of aliphatic hydroxyl groups is 4. The van der Waals surface area contributed by atoms with Crippen LogP contribution in [-0.2, 0) is 22.7 Å². The van der Waals surface area contributed by atoms with Crippen molar-refractivity contribution in [3.8, 4) is 0 Å². The van der Waals surface area contributed by atoms with Crippen LogP contribution in [0.3, 0.4) is 0 Å². The first-order valence-electron chi connectivity index (χ1n) is 9.32. The first-order valence-corrected chi connectivity index (χ1v) is 9.32. The zero-order valence-corrected chi connectivity index (χ0v) is 15.7. The number of benzene rings is 2. The van der Waals surface area contributed by atoms with Crippen molar-refractivity contribution in [2.75, 3.05) is 6.61 Å². The standard InChI is InChI=1S/C21H25NO7/c23-17-16(13-28-11-14-7-3-1-4-8-14)22(20(26)19(25)18(17)24)21(27)29-12-15-9-5-2-6-10-15/h1-10,16-20,23-26H,11-13H2/t16-,17-,18+,19?,20?/m1/s1. The summed E-state index contributed by atoms with van der Waals surface area (Å²) in [5.41, 5.74) is 1.63. The maximum atomic E-state index is 12.6. The Hall–Kier alpha value is -2.49. The normalized spacial score (nSPS) is 26.9. The molecular formula is C21H25NO7. The van der Waals surface area contributed by atoms with E-state index in [9.17, 15) is 25.2 Å². The largest absolute Gasteiger partial charge is 0.444 e. The second-order valence-electron chi connectivity index (χ2n) is 6.90. The third-order valence-electron chi connectivity index (χ3n) is 4.86. The number of ether oxygens (including phenoxy) is 2. The van der Waals surface area contributed by atoms with Gasteiger partial charge in [-0.3, -0.25) is 4.90 Å². The Morgan fingerprint density at radius 2 is 1.34 bits per heavy atom. The van der Waals surface area contributed by atoms with Crippen LogP contribution in [0.1, 0.15) is 11.1 Å². The summed E-state index contributed by atoms with van der Waals surface area (Å²) in [7, 11) is 0. The Balaban J connectivity index is 1.68. The van der Waals surface area contributed by atoms with Gasteiger partial charge in [-0.25, -0.2) is 4.79 Å². The summed E-state index contributed by atoms with van der Waals surface area (Å²) in [5.74, 6) is 0. The van der Waals surface area contributed by atoms with Gasteiger partial charge in [0.05, 0.1) is 19.3 Å². The number of piperidine rings is 1. The molecule has 3 rings (SSSR count). The number of rotatable bonds is 6. The van der Waals surface area contributed by atoms with E-state index in [2.05, 4.69) is 0 Å². The Kier molecular flexibility index (Phi) is 7.18. The van der Waals surface area contributed by atoms with Gasteiger partial charge in [-0.1, -0.05) is 60.7 Å². The fraction of sp³-hybridized carbons (Fsp3) is 0.381. The van der Waals surface area contributed by atoms with Crippen LogP contribution in [0.15, 0.2) is 60.7 Å². The minimum atomic E-state index is -1.75. The van der Waals surface area contributed by atoms with Gasteiger partial charge < -0.3 is 29.9 Å². The first kappa shape index (κ1) is 21.2. The van der Waals surface area contributed by atoms with Crippen LogP contribution in [0.4, 0.5) is 4.79 Å². The molecular weight excluding hydrogens is 378 g/mol. The summed E-state index contributed by atoms with van der Waals surface area (Å²) in [4.78, 5) is 13.4. The summed E-state index contributed by atoms with van der Waals surface area (Å²) in [5, 5.41) is 40.7. The van der Waals surface area contributed by atoms with Crippen molar-refractivity contribution in [1.82, 2.24) is 4.90 Å². The van der Waals surface area contributed by atoms with Gasteiger partial charge in [-0.2, -0.15) is 0 Å². The monoisotopic (exact) mass is 403 g/mol. The van der Waals surface area contributed by atoms with Crippen molar-refractivity contribution in [2.45, 2.75) is 43.8 Å². The summed E-state index contributed by atoms with van der Waals surface area (Å²) in [6.07, 6.45) is -7.57. The topological polar surface area (TPSA) is 120 Å². The first-order chi connectivity index (χ1) is 14.0. The van der Waals surface area contributed by atoms with Crippen molar-refractivity contribution >= 4 is 6.09 Å². The van der Waals surface area contributed by atoms with Crippen molar-refractivity contribution in [3.05, 3.63) is 71.8 Å². The zero-order chi connectivity index (χ0) is 20.8. The number of likely N-dealkylation sites (tertiary alicyclic amines) is 1. The van der Waals surface area contributed by atoms with Gasteiger partial charge in [0.2, 0.25) is 0 Å².